The molecule has 0 saturated carbocycles. The molecule has 1 aromatic heterocycles. The summed E-state index contributed by atoms with van der Waals surface area (Å²) in [5.41, 5.74) is 2.37. The van der Waals surface area contributed by atoms with E-state index in [1.54, 1.807) is 30.5 Å². The number of pyridine rings is 1. The quantitative estimate of drug-likeness (QED) is 0.860. The number of carbonyl (C=O) groups is 2. The second-order valence-electron chi connectivity index (χ2n) is 5.67. The van der Waals surface area contributed by atoms with Gasteiger partial charge in [0.25, 0.3) is 17.4 Å². The van der Waals surface area contributed by atoms with E-state index in [0.29, 0.717) is 23.1 Å². The normalized spacial score (nSPS) is 13.5. The molecule has 3 rings (SSSR count). The van der Waals surface area contributed by atoms with Gasteiger partial charge < -0.3 is 4.98 Å². The molecule has 0 bridgehead atoms. The van der Waals surface area contributed by atoms with Gasteiger partial charge in [-0.05, 0) is 36.6 Å². The van der Waals surface area contributed by atoms with Crippen LogP contribution in [-0.4, -0.2) is 28.2 Å². The third kappa shape index (κ3) is 2.82. The fourth-order valence-electron chi connectivity index (χ4n) is 2.88. The SMILES string of the molecule is CCCc1c[nH]c(=O)c(CCN2C(=O)c3ccccc3C2=O)c1. The highest BCUT2D eigenvalue weighted by Crippen LogP contribution is 2.22. The Labute approximate surface area is 134 Å². The Morgan fingerprint density at radius 3 is 2.26 bits per heavy atom. The first-order chi connectivity index (χ1) is 11.1. The maximum absolute atomic E-state index is 12.3. The molecular formula is C18H18N2O3. The molecule has 1 aliphatic heterocycles. The molecule has 2 aromatic rings. The largest absolute Gasteiger partial charge is 0.329 e. The monoisotopic (exact) mass is 310 g/mol. The van der Waals surface area contributed by atoms with Crippen LogP contribution in [0, 0.1) is 0 Å². The van der Waals surface area contributed by atoms with Crippen molar-refractivity contribution in [1.29, 1.82) is 0 Å². The summed E-state index contributed by atoms with van der Waals surface area (Å²) in [4.78, 5) is 40.5. The molecular weight excluding hydrogens is 292 g/mol. The highest BCUT2D eigenvalue weighted by Gasteiger charge is 2.34. The maximum atomic E-state index is 12.3. The number of aromatic amines is 1. The van der Waals surface area contributed by atoms with E-state index < -0.39 is 0 Å². The summed E-state index contributed by atoms with van der Waals surface area (Å²) in [6, 6.07) is 8.66. The van der Waals surface area contributed by atoms with Crippen LogP contribution in [0.4, 0.5) is 0 Å². The van der Waals surface area contributed by atoms with Crippen molar-refractivity contribution in [2.24, 2.45) is 0 Å². The molecule has 2 amide bonds. The molecule has 2 heterocycles. The lowest BCUT2D eigenvalue weighted by molar-refractivity contribution is 0.0656. The van der Waals surface area contributed by atoms with Gasteiger partial charge in [0, 0.05) is 18.3 Å². The van der Waals surface area contributed by atoms with Gasteiger partial charge in [-0.3, -0.25) is 19.3 Å². The van der Waals surface area contributed by atoms with Crippen LogP contribution >= 0.6 is 0 Å². The minimum Gasteiger partial charge on any atom is -0.329 e. The lowest BCUT2D eigenvalue weighted by Crippen LogP contribution is -2.32. The fraction of sp³-hybridized carbons (Fsp3) is 0.278. The summed E-state index contributed by atoms with van der Waals surface area (Å²) in [6.45, 7) is 2.29. The molecule has 118 valence electrons. The predicted octanol–water partition coefficient (Wildman–Crippen LogP) is 2.17. The number of hydrogen-bond donors (Lipinski definition) is 1. The second kappa shape index (κ2) is 6.20. The van der Waals surface area contributed by atoms with Gasteiger partial charge in [-0.2, -0.15) is 0 Å². The zero-order valence-electron chi connectivity index (χ0n) is 13.0. The molecule has 0 atom stereocenters. The van der Waals surface area contributed by atoms with Crippen molar-refractivity contribution in [3.05, 3.63) is 69.1 Å². The number of nitrogens with one attached hydrogen (secondary N) is 1. The highest BCUT2D eigenvalue weighted by atomic mass is 16.2. The van der Waals surface area contributed by atoms with Crippen LogP contribution in [0.3, 0.4) is 0 Å². The van der Waals surface area contributed by atoms with E-state index in [0.717, 1.165) is 18.4 Å². The standard InChI is InChI=1S/C18H18N2O3/c1-2-5-12-10-13(16(21)19-11-12)8-9-20-17(22)14-6-3-4-7-15(14)18(20)23/h3-4,6-7,10-11H,2,5,8-9H2,1H3,(H,19,21). The van der Waals surface area contributed by atoms with Crippen molar-refractivity contribution in [3.8, 4) is 0 Å². The Kier molecular flexibility index (Phi) is 4.10. The molecule has 0 saturated heterocycles. The lowest BCUT2D eigenvalue weighted by Gasteiger charge is -2.13. The summed E-state index contributed by atoms with van der Waals surface area (Å²) in [5.74, 6) is -0.571. The van der Waals surface area contributed by atoms with Gasteiger partial charge in [0.15, 0.2) is 0 Å². The zero-order chi connectivity index (χ0) is 16.4. The van der Waals surface area contributed by atoms with Crippen molar-refractivity contribution in [2.45, 2.75) is 26.2 Å². The number of nitrogens with zero attached hydrogens (tertiary/aromatic N) is 1. The highest BCUT2D eigenvalue weighted by molar-refractivity contribution is 6.21. The average Bonchev–Trinajstić information content (AvgIpc) is 2.80. The molecule has 0 spiro atoms. The number of H-pyrrole nitrogens is 1. The number of amides is 2. The molecule has 5 heteroatoms. The minimum atomic E-state index is -0.285. The Hall–Kier alpha value is -2.69. The van der Waals surface area contributed by atoms with Crippen molar-refractivity contribution < 1.29 is 9.59 Å². The molecule has 1 aromatic carbocycles. The van der Waals surface area contributed by atoms with E-state index in [9.17, 15) is 14.4 Å². The molecule has 0 radical (unpaired) electrons. The summed E-state index contributed by atoms with van der Waals surface area (Å²) in [6.07, 6.45) is 3.95. The lowest BCUT2D eigenvalue weighted by atomic mass is 10.1. The number of aryl methyl sites for hydroxylation is 1. The average molecular weight is 310 g/mol. The van der Waals surface area contributed by atoms with Crippen LogP contribution in [0.15, 0.2) is 41.3 Å². The van der Waals surface area contributed by atoms with Crippen molar-refractivity contribution in [3.63, 3.8) is 0 Å². The van der Waals surface area contributed by atoms with Crippen LogP contribution in [-0.2, 0) is 12.8 Å². The first-order valence-corrected chi connectivity index (χ1v) is 7.77. The molecule has 0 aliphatic carbocycles. The molecule has 1 aliphatic rings. The zero-order valence-corrected chi connectivity index (χ0v) is 13.0. The van der Waals surface area contributed by atoms with Crippen LogP contribution in [0.1, 0.15) is 45.2 Å². The third-order valence-corrected chi connectivity index (χ3v) is 4.06. The number of hydrogen-bond acceptors (Lipinski definition) is 3. The molecule has 0 fully saturated rings. The summed E-state index contributed by atoms with van der Waals surface area (Å²) in [7, 11) is 0. The summed E-state index contributed by atoms with van der Waals surface area (Å²) in [5, 5.41) is 0. The number of benzene rings is 1. The summed E-state index contributed by atoms with van der Waals surface area (Å²) < 4.78 is 0. The molecule has 23 heavy (non-hydrogen) atoms. The number of fused-ring (bicyclic) bond motifs is 1. The molecule has 0 unspecified atom stereocenters. The Morgan fingerprint density at radius 1 is 1.00 bits per heavy atom. The summed E-state index contributed by atoms with van der Waals surface area (Å²) >= 11 is 0. The number of rotatable bonds is 5. The Morgan fingerprint density at radius 2 is 1.65 bits per heavy atom. The molecule has 1 N–H and O–H groups in total. The third-order valence-electron chi connectivity index (χ3n) is 4.06. The van der Waals surface area contributed by atoms with E-state index in [4.69, 9.17) is 0 Å². The first-order valence-electron chi connectivity index (χ1n) is 7.77. The second-order valence-corrected chi connectivity index (χ2v) is 5.67. The predicted molar refractivity (Wildman–Crippen MR) is 86.6 cm³/mol. The van der Waals surface area contributed by atoms with Crippen LogP contribution < -0.4 is 5.56 Å². The van der Waals surface area contributed by atoms with Crippen molar-refractivity contribution in [1.82, 2.24) is 9.88 Å². The van der Waals surface area contributed by atoms with Gasteiger partial charge in [-0.15, -0.1) is 0 Å². The van der Waals surface area contributed by atoms with Crippen LogP contribution in [0.5, 0.6) is 0 Å². The van der Waals surface area contributed by atoms with E-state index in [2.05, 4.69) is 11.9 Å². The van der Waals surface area contributed by atoms with E-state index in [-0.39, 0.29) is 23.9 Å². The van der Waals surface area contributed by atoms with Crippen LogP contribution in [0.2, 0.25) is 0 Å². The number of carbonyl (C=O) groups excluding carboxylic acids is 2. The Bertz CT molecular complexity index is 788. The Balaban J connectivity index is 1.77. The van der Waals surface area contributed by atoms with E-state index >= 15 is 0 Å². The van der Waals surface area contributed by atoms with E-state index in [1.165, 1.54) is 4.90 Å². The fourth-order valence-corrected chi connectivity index (χ4v) is 2.88. The maximum Gasteiger partial charge on any atom is 0.261 e. The number of aromatic nitrogens is 1. The van der Waals surface area contributed by atoms with Gasteiger partial charge in [-0.1, -0.05) is 25.5 Å². The van der Waals surface area contributed by atoms with Crippen molar-refractivity contribution >= 4 is 11.8 Å². The molecule has 5 nitrogen and oxygen atoms in total. The van der Waals surface area contributed by atoms with Gasteiger partial charge >= 0.3 is 0 Å². The first kappa shape index (κ1) is 15.2. The topological polar surface area (TPSA) is 70.2 Å². The minimum absolute atomic E-state index is 0.165. The smallest absolute Gasteiger partial charge is 0.261 e. The van der Waals surface area contributed by atoms with Crippen molar-refractivity contribution in [2.75, 3.05) is 6.54 Å². The van der Waals surface area contributed by atoms with Gasteiger partial charge in [0.05, 0.1) is 11.1 Å². The van der Waals surface area contributed by atoms with Gasteiger partial charge in [-0.25, -0.2) is 0 Å². The van der Waals surface area contributed by atoms with E-state index in [1.807, 2.05) is 6.07 Å². The van der Waals surface area contributed by atoms with Crippen LogP contribution in [0.25, 0.3) is 0 Å². The number of imide groups is 1. The van der Waals surface area contributed by atoms with Gasteiger partial charge in [0.1, 0.15) is 0 Å². The van der Waals surface area contributed by atoms with Gasteiger partial charge in [0.2, 0.25) is 0 Å².